The lowest BCUT2D eigenvalue weighted by molar-refractivity contribution is 0.102. The van der Waals surface area contributed by atoms with Gasteiger partial charge in [-0.25, -0.2) is 9.97 Å². The van der Waals surface area contributed by atoms with Crippen LogP contribution >= 0.6 is 0 Å². The van der Waals surface area contributed by atoms with Gasteiger partial charge >= 0.3 is 0 Å². The summed E-state index contributed by atoms with van der Waals surface area (Å²) in [4.78, 5) is 25.6. The number of aromatic nitrogens is 3. The van der Waals surface area contributed by atoms with E-state index in [4.69, 9.17) is 14.5 Å². The molecule has 2 aromatic heterocycles. The minimum atomic E-state index is -0.264. The van der Waals surface area contributed by atoms with E-state index in [0.717, 1.165) is 27.5 Å². The number of fused-ring (bicyclic) bond motifs is 3. The SMILES string of the molecule is O=C(Nc1nc2ccccc2[nH]1)c1cc(-c2ccc3c(c2)OCO3)nc2ccccc12. The van der Waals surface area contributed by atoms with Crippen LogP contribution in [0.2, 0.25) is 0 Å². The van der Waals surface area contributed by atoms with Crippen LogP contribution in [0.3, 0.4) is 0 Å². The standard InChI is InChI=1S/C24H16N4O3/c29-23(28-24-26-18-7-3-4-8-19(18)27-24)16-12-20(25-17-6-2-1-5-15(16)17)14-9-10-21-22(11-14)31-13-30-21/h1-12H,13H2,(H2,26,27,28,29). The van der Waals surface area contributed by atoms with Crippen LogP contribution in [0, 0.1) is 0 Å². The smallest absolute Gasteiger partial charge is 0.258 e. The fourth-order valence-electron chi connectivity index (χ4n) is 3.75. The Morgan fingerprint density at radius 2 is 1.68 bits per heavy atom. The van der Waals surface area contributed by atoms with E-state index in [-0.39, 0.29) is 12.7 Å². The number of benzene rings is 3. The third-order valence-electron chi connectivity index (χ3n) is 5.25. The van der Waals surface area contributed by atoms with Crippen molar-refractivity contribution in [2.24, 2.45) is 0 Å². The molecule has 7 nitrogen and oxygen atoms in total. The molecule has 6 rings (SSSR count). The largest absolute Gasteiger partial charge is 0.454 e. The van der Waals surface area contributed by atoms with Crippen LogP contribution in [0.4, 0.5) is 5.95 Å². The second-order valence-electron chi connectivity index (χ2n) is 7.20. The molecular formula is C24H16N4O3. The van der Waals surface area contributed by atoms with E-state index < -0.39 is 0 Å². The number of ether oxygens (including phenoxy) is 2. The molecular weight excluding hydrogens is 392 g/mol. The number of amides is 1. The average molecular weight is 408 g/mol. The number of anilines is 1. The highest BCUT2D eigenvalue weighted by molar-refractivity contribution is 6.12. The highest BCUT2D eigenvalue weighted by atomic mass is 16.7. The second-order valence-corrected chi connectivity index (χ2v) is 7.20. The molecule has 0 spiro atoms. The minimum Gasteiger partial charge on any atom is -0.454 e. The number of aromatic amines is 1. The number of H-pyrrole nitrogens is 1. The van der Waals surface area contributed by atoms with Crippen molar-refractivity contribution in [3.05, 3.63) is 78.4 Å². The van der Waals surface area contributed by atoms with Crippen LogP contribution in [0.5, 0.6) is 11.5 Å². The van der Waals surface area contributed by atoms with Gasteiger partial charge in [-0.15, -0.1) is 0 Å². The van der Waals surface area contributed by atoms with Crippen LogP contribution in [0.15, 0.2) is 72.8 Å². The summed E-state index contributed by atoms with van der Waals surface area (Å²) in [5.74, 6) is 1.50. The maximum absolute atomic E-state index is 13.2. The first-order valence-corrected chi connectivity index (χ1v) is 9.80. The Hall–Kier alpha value is -4.39. The monoisotopic (exact) mass is 408 g/mol. The van der Waals surface area contributed by atoms with Crippen LogP contribution in [0.25, 0.3) is 33.2 Å². The van der Waals surface area contributed by atoms with Gasteiger partial charge in [-0.1, -0.05) is 30.3 Å². The molecule has 0 saturated heterocycles. The van der Waals surface area contributed by atoms with Crippen molar-refractivity contribution < 1.29 is 14.3 Å². The number of pyridine rings is 1. The first kappa shape index (κ1) is 17.5. The van der Waals surface area contributed by atoms with Crippen molar-refractivity contribution in [2.75, 3.05) is 12.1 Å². The first-order valence-electron chi connectivity index (χ1n) is 9.80. The van der Waals surface area contributed by atoms with E-state index in [9.17, 15) is 4.79 Å². The average Bonchev–Trinajstić information content (AvgIpc) is 3.43. The molecule has 1 amide bonds. The molecule has 0 fully saturated rings. The summed E-state index contributed by atoms with van der Waals surface area (Å²) in [5.41, 5.74) is 4.41. The van der Waals surface area contributed by atoms with E-state index in [0.29, 0.717) is 28.7 Å². The Bertz CT molecular complexity index is 1440. The van der Waals surface area contributed by atoms with E-state index in [1.165, 1.54) is 0 Å². The Morgan fingerprint density at radius 1 is 0.871 bits per heavy atom. The lowest BCUT2D eigenvalue weighted by Crippen LogP contribution is -2.14. The molecule has 0 unspecified atom stereocenters. The fourth-order valence-corrected chi connectivity index (χ4v) is 3.75. The zero-order valence-corrected chi connectivity index (χ0v) is 16.3. The number of carbonyl (C=O) groups is 1. The van der Waals surface area contributed by atoms with Gasteiger partial charge in [0.15, 0.2) is 11.5 Å². The Labute approximate surface area is 176 Å². The molecule has 0 radical (unpaired) electrons. The van der Waals surface area contributed by atoms with Crippen molar-refractivity contribution in [1.29, 1.82) is 0 Å². The van der Waals surface area contributed by atoms with Gasteiger partial charge < -0.3 is 14.5 Å². The maximum atomic E-state index is 13.2. The van der Waals surface area contributed by atoms with E-state index >= 15 is 0 Å². The van der Waals surface area contributed by atoms with Gasteiger partial charge in [0, 0.05) is 10.9 Å². The number of carbonyl (C=O) groups excluding carboxylic acids is 1. The van der Waals surface area contributed by atoms with Gasteiger partial charge in [0.1, 0.15) is 0 Å². The fraction of sp³-hybridized carbons (Fsp3) is 0.0417. The summed E-state index contributed by atoms with van der Waals surface area (Å²) >= 11 is 0. The number of nitrogens with zero attached hydrogens (tertiary/aromatic N) is 2. The molecule has 5 aromatic rings. The zero-order chi connectivity index (χ0) is 20.8. The summed E-state index contributed by atoms with van der Waals surface area (Å²) in [7, 11) is 0. The molecule has 2 N–H and O–H groups in total. The van der Waals surface area contributed by atoms with Gasteiger partial charge in [-0.2, -0.15) is 0 Å². The van der Waals surface area contributed by atoms with Crippen molar-refractivity contribution in [1.82, 2.24) is 15.0 Å². The Kier molecular flexibility index (Phi) is 3.86. The summed E-state index contributed by atoms with van der Waals surface area (Å²) in [6, 6.07) is 22.6. The predicted octanol–water partition coefficient (Wildman–Crippen LogP) is 4.76. The third-order valence-corrected chi connectivity index (χ3v) is 5.25. The Balaban J connectivity index is 1.43. The number of para-hydroxylation sites is 3. The van der Waals surface area contributed by atoms with Gasteiger partial charge in [-0.3, -0.25) is 10.1 Å². The molecule has 3 aromatic carbocycles. The molecule has 1 aliphatic heterocycles. The number of rotatable bonds is 3. The molecule has 7 heteroatoms. The number of hydrogen-bond acceptors (Lipinski definition) is 5. The van der Waals surface area contributed by atoms with Gasteiger partial charge in [-0.05, 0) is 42.5 Å². The molecule has 0 saturated carbocycles. The van der Waals surface area contributed by atoms with Gasteiger partial charge in [0.2, 0.25) is 12.7 Å². The van der Waals surface area contributed by atoms with E-state index in [1.54, 1.807) is 6.07 Å². The highest BCUT2D eigenvalue weighted by Crippen LogP contribution is 2.36. The zero-order valence-electron chi connectivity index (χ0n) is 16.3. The highest BCUT2D eigenvalue weighted by Gasteiger charge is 2.18. The van der Waals surface area contributed by atoms with Crippen molar-refractivity contribution >= 4 is 33.8 Å². The first-order chi connectivity index (χ1) is 15.2. The van der Waals surface area contributed by atoms with Crippen LogP contribution in [0.1, 0.15) is 10.4 Å². The lowest BCUT2D eigenvalue weighted by atomic mass is 10.0. The predicted molar refractivity (Wildman–Crippen MR) is 117 cm³/mol. The normalized spacial score (nSPS) is 12.4. The maximum Gasteiger partial charge on any atom is 0.258 e. The number of nitrogens with one attached hydrogen (secondary N) is 2. The van der Waals surface area contributed by atoms with Crippen molar-refractivity contribution in [3.8, 4) is 22.8 Å². The molecule has 150 valence electrons. The van der Waals surface area contributed by atoms with Crippen LogP contribution < -0.4 is 14.8 Å². The summed E-state index contributed by atoms with van der Waals surface area (Å²) in [5, 5.41) is 3.65. The molecule has 0 atom stereocenters. The summed E-state index contributed by atoms with van der Waals surface area (Å²) < 4.78 is 10.9. The third kappa shape index (κ3) is 3.03. The second kappa shape index (κ2) is 6.84. The van der Waals surface area contributed by atoms with Gasteiger partial charge in [0.25, 0.3) is 5.91 Å². The molecule has 0 aliphatic carbocycles. The molecule has 3 heterocycles. The van der Waals surface area contributed by atoms with Crippen molar-refractivity contribution in [3.63, 3.8) is 0 Å². The van der Waals surface area contributed by atoms with E-state index in [2.05, 4.69) is 15.3 Å². The molecule has 1 aliphatic rings. The summed E-state index contributed by atoms with van der Waals surface area (Å²) in [6.45, 7) is 0.203. The number of hydrogen-bond donors (Lipinski definition) is 2. The Morgan fingerprint density at radius 3 is 2.58 bits per heavy atom. The van der Waals surface area contributed by atoms with E-state index in [1.807, 2.05) is 66.7 Å². The lowest BCUT2D eigenvalue weighted by Gasteiger charge is -2.10. The topological polar surface area (TPSA) is 89.1 Å². The molecule has 0 bridgehead atoms. The minimum absolute atomic E-state index is 0.203. The summed E-state index contributed by atoms with van der Waals surface area (Å²) in [6.07, 6.45) is 0. The van der Waals surface area contributed by atoms with Crippen molar-refractivity contribution in [2.45, 2.75) is 0 Å². The number of imidazole rings is 1. The van der Waals surface area contributed by atoms with Crippen LogP contribution in [-0.4, -0.2) is 27.7 Å². The van der Waals surface area contributed by atoms with Crippen LogP contribution in [-0.2, 0) is 0 Å². The van der Waals surface area contributed by atoms with Gasteiger partial charge in [0.05, 0.1) is 27.8 Å². The molecule has 31 heavy (non-hydrogen) atoms. The quantitative estimate of drug-likeness (QED) is 0.449.